The zero-order valence-electron chi connectivity index (χ0n) is 10.1. The molecule has 0 rings (SSSR count). The lowest BCUT2D eigenvalue weighted by Crippen LogP contribution is -2.42. The monoisotopic (exact) mass is 201 g/mol. The molecule has 0 radical (unpaired) electrons. The first-order chi connectivity index (χ1) is 5.74. The Labute approximate surface area is 83.5 Å². The van der Waals surface area contributed by atoms with Gasteiger partial charge in [-0.2, -0.15) is 0 Å². The molecule has 0 atom stereocenters. The van der Waals surface area contributed by atoms with Crippen LogP contribution in [0.1, 0.15) is 34.1 Å². The van der Waals surface area contributed by atoms with Gasteiger partial charge in [-0.3, -0.25) is 4.99 Å². The van der Waals surface area contributed by atoms with Crippen LogP contribution in [-0.2, 0) is 4.43 Å². The molecule has 0 aromatic carbocycles. The van der Waals surface area contributed by atoms with Crippen molar-refractivity contribution in [2.75, 3.05) is 7.05 Å². The lowest BCUT2D eigenvalue weighted by Gasteiger charge is -2.36. The molecular formula is C10H23NOSi. The molecule has 0 aromatic rings. The van der Waals surface area contributed by atoms with Gasteiger partial charge in [0.1, 0.15) is 0 Å². The summed E-state index contributed by atoms with van der Waals surface area (Å²) in [6.07, 6.45) is 0.892. The SMILES string of the molecule is CCC(=NC)O[Si](C)(C)C(C)(C)C. The number of hydrogen-bond acceptors (Lipinski definition) is 2. The Balaban J connectivity index is 4.51. The summed E-state index contributed by atoms with van der Waals surface area (Å²) >= 11 is 0. The molecule has 0 bridgehead atoms. The van der Waals surface area contributed by atoms with Gasteiger partial charge in [-0.1, -0.05) is 27.7 Å². The van der Waals surface area contributed by atoms with Crippen molar-refractivity contribution in [2.45, 2.75) is 52.2 Å². The average Bonchev–Trinajstić information content (AvgIpc) is 1.98. The zero-order valence-corrected chi connectivity index (χ0v) is 11.1. The van der Waals surface area contributed by atoms with E-state index in [2.05, 4.69) is 45.8 Å². The van der Waals surface area contributed by atoms with Gasteiger partial charge in [0.05, 0.1) is 0 Å². The standard InChI is InChI=1S/C10H23NOSi/c1-8-9(11-5)12-13(6,7)10(2,3)4/h8H2,1-7H3. The Morgan fingerprint density at radius 1 is 1.31 bits per heavy atom. The Hall–Kier alpha value is -0.313. The smallest absolute Gasteiger partial charge is 0.252 e. The van der Waals surface area contributed by atoms with E-state index in [0.29, 0.717) is 0 Å². The minimum atomic E-state index is -1.64. The maximum Gasteiger partial charge on any atom is 0.252 e. The van der Waals surface area contributed by atoms with Gasteiger partial charge < -0.3 is 4.43 Å². The highest BCUT2D eigenvalue weighted by Crippen LogP contribution is 2.36. The van der Waals surface area contributed by atoms with Crippen LogP contribution in [0, 0.1) is 0 Å². The van der Waals surface area contributed by atoms with Gasteiger partial charge in [-0.25, -0.2) is 0 Å². The van der Waals surface area contributed by atoms with Crippen LogP contribution >= 0.6 is 0 Å². The van der Waals surface area contributed by atoms with Crippen LogP contribution in [0.5, 0.6) is 0 Å². The largest absolute Gasteiger partial charge is 0.534 e. The highest BCUT2D eigenvalue weighted by molar-refractivity contribution is 6.75. The normalized spacial score (nSPS) is 14.5. The molecule has 0 saturated carbocycles. The highest BCUT2D eigenvalue weighted by atomic mass is 28.4. The van der Waals surface area contributed by atoms with E-state index in [1.807, 2.05) is 0 Å². The van der Waals surface area contributed by atoms with Crippen molar-refractivity contribution in [3.05, 3.63) is 0 Å². The molecular weight excluding hydrogens is 178 g/mol. The van der Waals surface area contributed by atoms with Crippen LogP contribution in [0.25, 0.3) is 0 Å². The van der Waals surface area contributed by atoms with Crippen molar-refractivity contribution >= 4 is 14.2 Å². The van der Waals surface area contributed by atoms with E-state index in [0.717, 1.165) is 12.3 Å². The third kappa shape index (κ3) is 3.51. The fourth-order valence-electron chi connectivity index (χ4n) is 0.724. The van der Waals surface area contributed by atoms with Gasteiger partial charge in [-0.05, 0) is 18.1 Å². The minimum Gasteiger partial charge on any atom is -0.534 e. The Bertz CT molecular complexity index is 192. The van der Waals surface area contributed by atoms with Gasteiger partial charge in [-0.15, -0.1) is 0 Å². The van der Waals surface area contributed by atoms with E-state index >= 15 is 0 Å². The summed E-state index contributed by atoms with van der Waals surface area (Å²) in [5, 5.41) is 0.262. The van der Waals surface area contributed by atoms with E-state index in [4.69, 9.17) is 4.43 Å². The van der Waals surface area contributed by atoms with Crippen molar-refractivity contribution in [3.63, 3.8) is 0 Å². The Morgan fingerprint density at radius 3 is 2.00 bits per heavy atom. The van der Waals surface area contributed by atoms with Crippen LogP contribution in [0.15, 0.2) is 4.99 Å². The van der Waals surface area contributed by atoms with E-state index in [9.17, 15) is 0 Å². The second-order valence-electron chi connectivity index (χ2n) is 4.83. The molecule has 3 heteroatoms. The summed E-state index contributed by atoms with van der Waals surface area (Å²) in [5.41, 5.74) is 0. The van der Waals surface area contributed by atoms with Crippen molar-refractivity contribution in [2.24, 2.45) is 4.99 Å². The van der Waals surface area contributed by atoms with E-state index in [1.54, 1.807) is 7.05 Å². The number of rotatable bonds is 2. The predicted molar refractivity (Wildman–Crippen MR) is 61.9 cm³/mol. The molecule has 0 saturated heterocycles. The first kappa shape index (κ1) is 12.7. The van der Waals surface area contributed by atoms with E-state index < -0.39 is 8.32 Å². The third-order valence-corrected chi connectivity index (χ3v) is 7.09. The van der Waals surface area contributed by atoms with Crippen LogP contribution in [0.2, 0.25) is 18.1 Å². The first-order valence-electron chi connectivity index (χ1n) is 4.89. The Kier molecular flexibility index (Phi) is 4.16. The van der Waals surface area contributed by atoms with Crippen molar-refractivity contribution in [1.29, 1.82) is 0 Å². The summed E-state index contributed by atoms with van der Waals surface area (Å²) in [6.45, 7) is 13.3. The van der Waals surface area contributed by atoms with Gasteiger partial charge >= 0.3 is 0 Å². The molecule has 0 aliphatic rings. The van der Waals surface area contributed by atoms with E-state index in [-0.39, 0.29) is 5.04 Å². The summed E-state index contributed by atoms with van der Waals surface area (Å²) in [6, 6.07) is 0. The fraction of sp³-hybridized carbons (Fsp3) is 0.900. The molecule has 0 aliphatic carbocycles. The molecule has 0 spiro atoms. The molecule has 0 fully saturated rings. The fourth-order valence-corrected chi connectivity index (χ4v) is 1.85. The van der Waals surface area contributed by atoms with Gasteiger partial charge in [0.2, 0.25) is 0 Å². The predicted octanol–water partition coefficient (Wildman–Crippen LogP) is 3.45. The lowest BCUT2D eigenvalue weighted by atomic mass is 10.2. The topological polar surface area (TPSA) is 21.6 Å². The number of nitrogens with zero attached hydrogens (tertiary/aromatic N) is 1. The molecule has 0 N–H and O–H groups in total. The molecule has 78 valence electrons. The van der Waals surface area contributed by atoms with E-state index in [1.165, 1.54) is 0 Å². The first-order valence-corrected chi connectivity index (χ1v) is 7.80. The molecule has 0 unspecified atom stereocenters. The maximum atomic E-state index is 5.99. The Morgan fingerprint density at radius 2 is 1.77 bits per heavy atom. The van der Waals surface area contributed by atoms with Crippen LogP contribution in [-0.4, -0.2) is 21.3 Å². The highest BCUT2D eigenvalue weighted by Gasteiger charge is 2.39. The quantitative estimate of drug-likeness (QED) is 0.381. The summed E-state index contributed by atoms with van der Waals surface area (Å²) in [7, 11) is 0.157. The van der Waals surface area contributed by atoms with Crippen LogP contribution < -0.4 is 0 Å². The second-order valence-corrected chi connectivity index (χ2v) is 9.56. The third-order valence-electron chi connectivity index (χ3n) is 2.73. The molecule has 0 amide bonds. The van der Waals surface area contributed by atoms with Crippen molar-refractivity contribution in [3.8, 4) is 0 Å². The van der Waals surface area contributed by atoms with Crippen LogP contribution in [0.3, 0.4) is 0 Å². The second kappa shape index (κ2) is 4.27. The maximum absolute atomic E-state index is 5.99. The number of hydrogen-bond donors (Lipinski definition) is 0. The van der Waals surface area contributed by atoms with Gasteiger partial charge in [0, 0.05) is 13.5 Å². The van der Waals surface area contributed by atoms with Gasteiger partial charge in [0.15, 0.2) is 5.90 Å². The molecule has 2 nitrogen and oxygen atoms in total. The molecule has 0 aromatic heterocycles. The minimum absolute atomic E-state index is 0.262. The zero-order chi connectivity index (χ0) is 10.7. The molecule has 0 aliphatic heterocycles. The molecule has 0 heterocycles. The summed E-state index contributed by atoms with van der Waals surface area (Å²) < 4.78 is 5.99. The van der Waals surface area contributed by atoms with Crippen LogP contribution in [0.4, 0.5) is 0 Å². The van der Waals surface area contributed by atoms with Crippen molar-refractivity contribution < 1.29 is 4.43 Å². The molecule has 13 heavy (non-hydrogen) atoms. The summed E-state index contributed by atoms with van der Waals surface area (Å²) in [5.74, 6) is 0.895. The van der Waals surface area contributed by atoms with Crippen molar-refractivity contribution in [1.82, 2.24) is 0 Å². The number of aliphatic imine (C=N–C) groups is 1. The van der Waals surface area contributed by atoms with Gasteiger partial charge in [0.25, 0.3) is 8.32 Å². The summed E-state index contributed by atoms with van der Waals surface area (Å²) in [4.78, 5) is 4.13. The lowest BCUT2D eigenvalue weighted by molar-refractivity contribution is 0.474. The average molecular weight is 201 g/mol.